The van der Waals surface area contributed by atoms with Gasteiger partial charge in [0.2, 0.25) is 0 Å². The lowest BCUT2D eigenvalue weighted by Gasteiger charge is -2.26. The summed E-state index contributed by atoms with van der Waals surface area (Å²) in [5.74, 6) is 1.08. The van der Waals surface area contributed by atoms with E-state index in [4.69, 9.17) is 5.11 Å². The maximum absolute atomic E-state index is 11.8. The topological polar surface area (TPSA) is 69.6 Å². The molecule has 0 atom stereocenters. The molecule has 1 saturated heterocycles. The second-order valence-electron chi connectivity index (χ2n) is 3.90. The van der Waals surface area contributed by atoms with E-state index < -0.39 is 5.97 Å². The Balaban J connectivity index is 2.45. The summed E-state index contributed by atoms with van der Waals surface area (Å²) >= 11 is 1.88. The van der Waals surface area contributed by atoms with Gasteiger partial charge in [0, 0.05) is 12.6 Å². The molecule has 0 spiro atoms. The fourth-order valence-electron chi connectivity index (χ4n) is 1.65. The molecule has 2 amide bonds. The van der Waals surface area contributed by atoms with Gasteiger partial charge in [-0.1, -0.05) is 6.08 Å². The number of nitrogens with one attached hydrogen (secondary N) is 1. The number of carboxylic acids is 1. The molecule has 1 aliphatic rings. The third-order valence-corrected chi connectivity index (χ3v) is 3.56. The molecule has 0 bridgehead atoms. The van der Waals surface area contributed by atoms with E-state index in [1.807, 2.05) is 11.8 Å². The molecule has 1 rings (SSSR count). The Morgan fingerprint density at radius 1 is 1.47 bits per heavy atom. The van der Waals surface area contributed by atoms with Crippen LogP contribution in [0.1, 0.15) is 12.8 Å². The molecule has 6 heteroatoms. The molecular formula is C11H18N2O3S. The van der Waals surface area contributed by atoms with Crippen molar-refractivity contribution in [1.82, 2.24) is 10.2 Å². The molecule has 96 valence electrons. The highest BCUT2D eigenvalue weighted by Crippen LogP contribution is 2.17. The number of carboxylic acid groups (broad SMARTS) is 1. The summed E-state index contributed by atoms with van der Waals surface area (Å²) < 4.78 is 0. The largest absolute Gasteiger partial charge is 0.480 e. The van der Waals surface area contributed by atoms with Gasteiger partial charge >= 0.3 is 12.0 Å². The number of urea groups is 1. The zero-order valence-corrected chi connectivity index (χ0v) is 10.5. The van der Waals surface area contributed by atoms with Crippen molar-refractivity contribution in [3.05, 3.63) is 12.7 Å². The van der Waals surface area contributed by atoms with Crippen LogP contribution in [0.3, 0.4) is 0 Å². The number of thioether (sulfide) groups is 1. The first-order valence-electron chi connectivity index (χ1n) is 5.59. The van der Waals surface area contributed by atoms with Crippen LogP contribution in [0.2, 0.25) is 0 Å². The molecule has 5 nitrogen and oxygen atoms in total. The Morgan fingerprint density at radius 2 is 2.12 bits per heavy atom. The highest BCUT2D eigenvalue weighted by atomic mass is 32.2. The Kier molecular flexibility index (Phi) is 5.90. The van der Waals surface area contributed by atoms with E-state index in [1.54, 1.807) is 0 Å². The SMILES string of the molecule is C=CCN(CC(=O)O)C(=O)NC1CCSCC1. The lowest BCUT2D eigenvalue weighted by Crippen LogP contribution is -2.47. The lowest BCUT2D eigenvalue weighted by molar-refractivity contribution is -0.137. The highest BCUT2D eigenvalue weighted by Gasteiger charge is 2.20. The van der Waals surface area contributed by atoms with Crippen LogP contribution in [0.5, 0.6) is 0 Å². The van der Waals surface area contributed by atoms with Crippen LogP contribution in [0, 0.1) is 0 Å². The van der Waals surface area contributed by atoms with E-state index in [-0.39, 0.29) is 25.2 Å². The van der Waals surface area contributed by atoms with Crippen LogP contribution in [0.4, 0.5) is 4.79 Å². The van der Waals surface area contributed by atoms with Crippen molar-refractivity contribution in [3.8, 4) is 0 Å². The van der Waals surface area contributed by atoms with Crippen LogP contribution in [-0.4, -0.2) is 52.6 Å². The average molecular weight is 258 g/mol. The Bertz CT molecular complexity index is 290. The maximum atomic E-state index is 11.8. The minimum atomic E-state index is -1.01. The molecule has 0 aliphatic carbocycles. The molecule has 0 aromatic heterocycles. The predicted octanol–water partition coefficient (Wildman–Crippen LogP) is 1.16. The van der Waals surface area contributed by atoms with Crippen molar-refractivity contribution in [3.63, 3.8) is 0 Å². The number of carbonyl (C=O) groups is 2. The van der Waals surface area contributed by atoms with Gasteiger partial charge in [-0.2, -0.15) is 11.8 Å². The molecular weight excluding hydrogens is 240 g/mol. The van der Waals surface area contributed by atoms with Gasteiger partial charge in [0.1, 0.15) is 6.54 Å². The van der Waals surface area contributed by atoms with E-state index in [2.05, 4.69) is 11.9 Å². The van der Waals surface area contributed by atoms with Crippen molar-refractivity contribution in [1.29, 1.82) is 0 Å². The lowest BCUT2D eigenvalue weighted by atomic mass is 10.1. The van der Waals surface area contributed by atoms with E-state index in [1.165, 1.54) is 11.0 Å². The standard InChI is InChI=1S/C11H18N2O3S/c1-2-5-13(8-10(14)15)11(16)12-9-3-6-17-7-4-9/h2,9H,1,3-8H2,(H,12,16)(H,14,15). The molecule has 0 unspecified atom stereocenters. The van der Waals surface area contributed by atoms with E-state index in [0.717, 1.165) is 24.3 Å². The summed E-state index contributed by atoms with van der Waals surface area (Å²) in [6.45, 7) is 3.48. The number of hydrogen-bond acceptors (Lipinski definition) is 3. The van der Waals surface area contributed by atoms with Crippen molar-refractivity contribution in [2.75, 3.05) is 24.6 Å². The summed E-state index contributed by atoms with van der Waals surface area (Å²) in [5.41, 5.74) is 0. The van der Waals surface area contributed by atoms with Crippen LogP contribution < -0.4 is 5.32 Å². The third-order valence-electron chi connectivity index (χ3n) is 2.51. The van der Waals surface area contributed by atoms with Gasteiger partial charge in [0.15, 0.2) is 0 Å². The number of amides is 2. The van der Waals surface area contributed by atoms with Crippen LogP contribution in [0.25, 0.3) is 0 Å². The Hall–Kier alpha value is -1.17. The Morgan fingerprint density at radius 3 is 2.65 bits per heavy atom. The van der Waals surface area contributed by atoms with E-state index in [9.17, 15) is 9.59 Å². The summed E-state index contributed by atoms with van der Waals surface area (Å²) in [6.07, 6.45) is 3.43. The fourth-order valence-corrected chi connectivity index (χ4v) is 2.75. The van der Waals surface area contributed by atoms with Gasteiger partial charge in [0.25, 0.3) is 0 Å². The molecule has 1 aliphatic heterocycles. The van der Waals surface area contributed by atoms with E-state index >= 15 is 0 Å². The van der Waals surface area contributed by atoms with Crippen LogP contribution >= 0.6 is 11.8 Å². The molecule has 0 aromatic rings. The summed E-state index contributed by atoms with van der Waals surface area (Å²) in [7, 11) is 0. The number of rotatable bonds is 5. The summed E-state index contributed by atoms with van der Waals surface area (Å²) in [5, 5.41) is 11.6. The van der Waals surface area contributed by atoms with Gasteiger partial charge in [-0.25, -0.2) is 4.79 Å². The first kappa shape index (κ1) is 13.9. The number of aliphatic carboxylic acids is 1. The molecule has 1 fully saturated rings. The zero-order chi connectivity index (χ0) is 12.7. The minimum absolute atomic E-state index is 0.171. The number of hydrogen-bond donors (Lipinski definition) is 2. The fraction of sp³-hybridized carbons (Fsp3) is 0.636. The zero-order valence-electron chi connectivity index (χ0n) is 9.72. The minimum Gasteiger partial charge on any atom is -0.480 e. The van der Waals surface area contributed by atoms with Gasteiger partial charge in [-0.05, 0) is 24.3 Å². The molecule has 0 aromatic carbocycles. The van der Waals surface area contributed by atoms with Crippen LogP contribution in [0.15, 0.2) is 12.7 Å². The smallest absolute Gasteiger partial charge is 0.323 e. The second kappa shape index (κ2) is 7.21. The third kappa shape index (κ3) is 5.12. The van der Waals surface area contributed by atoms with Gasteiger partial charge in [-0.3, -0.25) is 4.79 Å². The Labute approximate surface area is 105 Å². The quantitative estimate of drug-likeness (QED) is 0.726. The highest BCUT2D eigenvalue weighted by molar-refractivity contribution is 7.99. The van der Waals surface area contributed by atoms with Gasteiger partial charge < -0.3 is 15.3 Å². The first-order valence-corrected chi connectivity index (χ1v) is 6.75. The average Bonchev–Trinajstić information content (AvgIpc) is 2.29. The molecule has 0 saturated carbocycles. The van der Waals surface area contributed by atoms with Gasteiger partial charge in [-0.15, -0.1) is 6.58 Å². The van der Waals surface area contributed by atoms with Crippen molar-refractivity contribution in [2.24, 2.45) is 0 Å². The first-order chi connectivity index (χ1) is 8.13. The van der Waals surface area contributed by atoms with Gasteiger partial charge in [0.05, 0.1) is 0 Å². The van der Waals surface area contributed by atoms with Crippen molar-refractivity contribution in [2.45, 2.75) is 18.9 Å². The molecule has 0 radical (unpaired) electrons. The number of carbonyl (C=O) groups excluding carboxylic acids is 1. The number of nitrogens with zero attached hydrogens (tertiary/aromatic N) is 1. The summed E-state index contributed by atoms with van der Waals surface area (Å²) in [6, 6.07) is -0.144. The van der Waals surface area contributed by atoms with Crippen molar-refractivity contribution < 1.29 is 14.7 Å². The summed E-state index contributed by atoms with van der Waals surface area (Å²) in [4.78, 5) is 23.7. The molecule has 17 heavy (non-hydrogen) atoms. The maximum Gasteiger partial charge on any atom is 0.323 e. The van der Waals surface area contributed by atoms with Crippen LogP contribution in [-0.2, 0) is 4.79 Å². The monoisotopic (exact) mass is 258 g/mol. The predicted molar refractivity (Wildman–Crippen MR) is 68.3 cm³/mol. The molecule has 2 N–H and O–H groups in total. The second-order valence-corrected chi connectivity index (χ2v) is 5.12. The van der Waals surface area contributed by atoms with Crippen molar-refractivity contribution >= 4 is 23.8 Å². The normalized spacial score (nSPS) is 16.2. The molecule has 1 heterocycles. The van der Waals surface area contributed by atoms with E-state index in [0.29, 0.717) is 0 Å².